The van der Waals surface area contributed by atoms with Gasteiger partial charge in [0.2, 0.25) is 0 Å². The number of hydrogen-bond donors (Lipinski definition) is 1. The third-order valence-corrected chi connectivity index (χ3v) is 4.63. The Morgan fingerprint density at radius 1 is 1.16 bits per heavy atom. The molecule has 4 heteroatoms. The predicted molar refractivity (Wildman–Crippen MR) is 69.2 cm³/mol. The van der Waals surface area contributed by atoms with E-state index in [1.165, 1.54) is 5.56 Å². The zero-order valence-corrected chi connectivity index (χ0v) is 11.0. The highest BCUT2D eigenvalue weighted by Crippen LogP contribution is 2.52. The number of carboxylic acids is 1. The Kier molecular flexibility index (Phi) is 2.87. The maximum absolute atomic E-state index is 11.7. The molecule has 0 amide bonds. The second-order valence-electron chi connectivity index (χ2n) is 5.51. The van der Waals surface area contributed by atoms with Gasteiger partial charge in [-0.2, -0.15) is 0 Å². The van der Waals surface area contributed by atoms with Gasteiger partial charge in [0, 0.05) is 0 Å². The Balaban J connectivity index is 2.00. The van der Waals surface area contributed by atoms with E-state index < -0.39 is 16.8 Å². The third kappa shape index (κ3) is 1.56. The summed E-state index contributed by atoms with van der Waals surface area (Å²) in [5.74, 6) is -0.776. The number of rotatable bonds is 4. The molecular formula is C15H18O4. The molecule has 0 saturated carbocycles. The van der Waals surface area contributed by atoms with Crippen LogP contribution in [-0.4, -0.2) is 37.5 Å². The van der Waals surface area contributed by atoms with Crippen LogP contribution in [0.3, 0.4) is 0 Å². The summed E-state index contributed by atoms with van der Waals surface area (Å²) in [5, 5.41) is 9.61. The molecule has 2 heterocycles. The third-order valence-electron chi connectivity index (χ3n) is 4.63. The second kappa shape index (κ2) is 4.32. The molecule has 0 radical (unpaired) electrons. The molecule has 2 aliphatic heterocycles. The molecular weight excluding hydrogens is 244 g/mol. The van der Waals surface area contributed by atoms with E-state index in [1.807, 2.05) is 12.1 Å². The van der Waals surface area contributed by atoms with Crippen molar-refractivity contribution in [1.29, 1.82) is 0 Å². The number of aryl methyl sites for hydroxylation is 1. The Morgan fingerprint density at radius 2 is 1.74 bits per heavy atom. The van der Waals surface area contributed by atoms with Gasteiger partial charge in [-0.3, -0.25) is 4.79 Å². The van der Waals surface area contributed by atoms with Gasteiger partial charge in [-0.05, 0) is 17.5 Å². The van der Waals surface area contributed by atoms with E-state index in [1.54, 1.807) is 0 Å². The van der Waals surface area contributed by atoms with Crippen molar-refractivity contribution in [3.8, 4) is 0 Å². The van der Waals surface area contributed by atoms with Crippen LogP contribution in [0, 0.1) is 5.41 Å². The lowest BCUT2D eigenvalue weighted by atomic mass is 9.57. The molecule has 2 aliphatic rings. The lowest BCUT2D eigenvalue weighted by molar-refractivity contribution is -0.236. The molecule has 19 heavy (non-hydrogen) atoms. The fourth-order valence-corrected chi connectivity index (χ4v) is 3.00. The first-order valence-corrected chi connectivity index (χ1v) is 6.63. The fourth-order valence-electron chi connectivity index (χ4n) is 3.00. The van der Waals surface area contributed by atoms with E-state index in [9.17, 15) is 9.90 Å². The molecule has 0 spiro atoms. The van der Waals surface area contributed by atoms with E-state index in [0.29, 0.717) is 13.2 Å². The summed E-state index contributed by atoms with van der Waals surface area (Å²) in [4.78, 5) is 11.7. The van der Waals surface area contributed by atoms with Crippen LogP contribution in [0.5, 0.6) is 0 Å². The summed E-state index contributed by atoms with van der Waals surface area (Å²) in [5.41, 5.74) is 1.07. The van der Waals surface area contributed by atoms with Crippen molar-refractivity contribution in [3.63, 3.8) is 0 Å². The summed E-state index contributed by atoms with van der Waals surface area (Å²) in [6, 6.07) is 8.24. The molecule has 1 aromatic rings. The zero-order chi connectivity index (χ0) is 13.5. The highest BCUT2D eigenvalue weighted by molar-refractivity contribution is 5.79. The summed E-state index contributed by atoms with van der Waals surface area (Å²) in [7, 11) is 0. The smallest absolute Gasteiger partial charge is 0.315 e. The van der Waals surface area contributed by atoms with Crippen LogP contribution >= 0.6 is 0 Å². The van der Waals surface area contributed by atoms with Crippen LogP contribution in [0.2, 0.25) is 0 Å². The number of hydrogen-bond acceptors (Lipinski definition) is 3. The van der Waals surface area contributed by atoms with E-state index in [4.69, 9.17) is 9.47 Å². The lowest BCUT2D eigenvalue weighted by Crippen LogP contribution is -2.69. The molecule has 102 valence electrons. The highest BCUT2D eigenvalue weighted by Gasteiger charge is 2.65. The molecule has 0 atom stereocenters. The van der Waals surface area contributed by atoms with E-state index >= 15 is 0 Å². The van der Waals surface area contributed by atoms with Gasteiger partial charge in [0.1, 0.15) is 5.41 Å². The van der Waals surface area contributed by atoms with Crippen LogP contribution in [0.1, 0.15) is 18.1 Å². The monoisotopic (exact) mass is 262 g/mol. The molecule has 3 rings (SSSR count). The maximum atomic E-state index is 11.7. The summed E-state index contributed by atoms with van der Waals surface area (Å²) < 4.78 is 10.6. The van der Waals surface area contributed by atoms with Crippen LogP contribution in [0.4, 0.5) is 0 Å². The van der Waals surface area contributed by atoms with Gasteiger partial charge in [-0.15, -0.1) is 0 Å². The van der Waals surface area contributed by atoms with Crippen LogP contribution in [0.25, 0.3) is 0 Å². The van der Waals surface area contributed by atoms with Gasteiger partial charge in [-0.25, -0.2) is 0 Å². The SMILES string of the molecule is CCc1ccc(C2(C3(C(=O)O)COC3)COC2)cc1. The van der Waals surface area contributed by atoms with Crippen molar-refractivity contribution in [1.82, 2.24) is 0 Å². The van der Waals surface area contributed by atoms with Gasteiger partial charge in [-0.1, -0.05) is 31.2 Å². The number of carbonyl (C=O) groups is 1. The minimum atomic E-state index is -0.820. The van der Waals surface area contributed by atoms with Gasteiger partial charge in [0.05, 0.1) is 31.8 Å². The van der Waals surface area contributed by atoms with Gasteiger partial charge < -0.3 is 14.6 Å². The van der Waals surface area contributed by atoms with Crippen molar-refractivity contribution >= 4 is 5.97 Å². The minimum Gasteiger partial charge on any atom is -0.481 e. The van der Waals surface area contributed by atoms with Gasteiger partial charge in [0.15, 0.2) is 0 Å². The molecule has 1 N–H and O–H groups in total. The minimum absolute atomic E-state index is 0.279. The summed E-state index contributed by atoms with van der Waals surface area (Å²) in [6.07, 6.45) is 0.983. The van der Waals surface area contributed by atoms with Crippen LogP contribution < -0.4 is 0 Å². The molecule has 0 aliphatic carbocycles. The number of carboxylic acid groups (broad SMARTS) is 1. The van der Waals surface area contributed by atoms with Crippen LogP contribution in [-0.2, 0) is 26.1 Å². The standard InChI is InChI=1S/C15H18O4/c1-2-11-3-5-12(6-4-11)14(7-18-8-14)15(13(16)17)9-19-10-15/h3-6H,2,7-10H2,1H3,(H,16,17). The second-order valence-corrected chi connectivity index (χ2v) is 5.51. The number of benzene rings is 1. The first kappa shape index (κ1) is 12.6. The fraction of sp³-hybridized carbons (Fsp3) is 0.533. The van der Waals surface area contributed by atoms with E-state index in [-0.39, 0.29) is 13.2 Å². The molecule has 0 bridgehead atoms. The average Bonchev–Trinajstić information content (AvgIpc) is 2.31. The predicted octanol–water partition coefficient (Wildman–Crippen LogP) is 1.62. The molecule has 0 aromatic heterocycles. The van der Waals surface area contributed by atoms with Crippen molar-refractivity contribution in [2.45, 2.75) is 18.8 Å². The quantitative estimate of drug-likeness (QED) is 0.895. The molecule has 1 aromatic carbocycles. The Labute approximate surface area is 112 Å². The van der Waals surface area contributed by atoms with Crippen molar-refractivity contribution in [2.24, 2.45) is 5.41 Å². The first-order valence-electron chi connectivity index (χ1n) is 6.63. The van der Waals surface area contributed by atoms with Crippen molar-refractivity contribution < 1.29 is 19.4 Å². The normalized spacial score (nSPS) is 23.2. The van der Waals surface area contributed by atoms with E-state index in [2.05, 4.69) is 19.1 Å². The summed E-state index contributed by atoms with van der Waals surface area (Å²) in [6.45, 7) is 3.60. The van der Waals surface area contributed by atoms with Crippen LogP contribution in [0.15, 0.2) is 24.3 Å². The van der Waals surface area contributed by atoms with Crippen molar-refractivity contribution in [3.05, 3.63) is 35.4 Å². The largest absolute Gasteiger partial charge is 0.481 e. The Bertz CT molecular complexity index is 483. The van der Waals surface area contributed by atoms with Crippen molar-refractivity contribution in [2.75, 3.05) is 26.4 Å². The first-order chi connectivity index (χ1) is 9.14. The molecule has 0 unspecified atom stereocenters. The van der Waals surface area contributed by atoms with Gasteiger partial charge >= 0.3 is 5.97 Å². The molecule has 4 nitrogen and oxygen atoms in total. The molecule has 2 saturated heterocycles. The zero-order valence-electron chi connectivity index (χ0n) is 11.0. The topological polar surface area (TPSA) is 55.8 Å². The van der Waals surface area contributed by atoms with Gasteiger partial charge in [0.25, 0.3) is 0 Å². The summed E-state index contributed by atoms with van der Waals surface area (Å²) >= 11 is 0. The Morgan fingerprint density at radius 3 is 2.05 bits per heavy atom. The lowest BCUT2D eigenvalue weighted by Gasteiger charge is -2.56. The average molecular weight is 262 g/mol. The number of ether oxygens (including phenoxy) is 2. The maximum Gasteiger partial charge on any atom is 0.315 e. The number of aliphatic carboxylic acids is 1. The molecule has 2 fully saturated rings. The van der Waals surface area contributed by atoms with E-state index in [0.717, 1.165) is 12.0 Å². The highest BCUT2D eigenvalue weighted by atomic mass is 16.5. The Hall–Kier alpha value is -1.39.